The Labute approximate surface area is 169 Å². The van der Waals surface area contributed by atoms with E-state index in [9.17, 15) is 17.6 Å². The molecular weight excluding hydrogens is 399 g/mol. The monoisotopic (exact) mass is 422 g/mol. The maximum absolute atomic E-state index is 13.0. The van der Waals surface area contributed by atoms with Crippen molar-refractivity contribution in [2.75, 3.05) is 24.7 Å². The van der Waals surface area contributed by atoms with Gasteiger partial charge in [0, 0.05) is 18.0 Å². The van der Waals surface area contributed by atoms with Gasteiger partial charge in [0.2, 0.25) is 15.9 Å². The van der Waals surface area contributed by atoms with Gasteiger partial charge in [0.1, 0.15) is 5.82 Å². The second-order valence-electron chi connectivity index (χ2n) is 6.77. The summed E-state index contributed by atoms with van der Waals surface area (Å²) in [5.41, 5.74) is 1.27. The first-order chi connectivity index (χ1) is 13.4. The van der Waals surface area contributed by atoms with Crippen LogP contribution < -0.4 is 5.32 Å². The van der Waals surface area contributed by atoms with Gasteiger partial charge in [0.25, 0.3) is 0 Å². The number of nitrogens with one attached hydrogen (secondary N) is 1. The third-order valence-electron chi connectivity index (χ3n) is 4.78. The number of hydrogen-bond acceptors (Lipinski definition) is 4. The molecule has 1 atom stereocenters. The van der Waals surface area contributed by atoms with Crippen LogP contribution in [0.5, 0.6) is 0 Å². The molecule has 0 spiro atoms. The Morgan fingerprint density at radius 1 is 1.21 bits per heavy atom. The summed E-state index contributed by atoms with van der Waals surface area (Å²) in [6.07, 6.45) is 3.22. The second kappa shape index (κ2) is 9.07. The van der Waals surface area contributed by atoms with Crippen molar-refractivity contribution in [2.45, 2.75) is 23.5 Å². The number of piperidine rings is 1. The van der Waals surface area contributed by atoms with Crippen LogP contribution in [0.1, 0.15) is 18.4 Å². The summed E-state index contributed by atoms with van der Waals surface area (Å²) in [6.45, 7) is 0.561. The molecule has 1 aliphatic rings. The van der Waals surface area contributed by atoms with Crippen molar-refractivity contribution in [2.24, 2.45) is 5.92 Å². The number of hydrogen-bond donors (Lipinski definition) is 1. The van der Waals surface area contributed by atoms with Crippen molar-refractivity contribution < 1.29 is 17.6 Å². The van der Waals surface area contributed by atoms with Gasteiger partial charge in [-0.2, -0.15) is 0 Å². The van der Waals surface area contributed by atoms with Crippen molar-refractivity contribution >= 4 is 33.4 Å². The number of amides is 1. The number of sulfonamides is 1. The fourth-order valence-electron chi connectivity index (χ4n) is 3.27. The van der Waals surface area contributed by atoms with E-state index in [1.165, 1.54) is 28.6 Å². The molecule has 2 aromatic rings. The Bertz CT molecular complexity index is 933. The van der Waals surface area contributed by atoms with Gasteiger partial charge in [-0.25, -0.2) is 17.1 Å². The van der Waals surface area contributed by atoms with Gasteiger partial charge >= 0.3 is 0 Å². The molecule has 8 heteroatoms. The third-order valence-corrected chi connectivity index (χ3v) is 7.39. The van der Waals surface area contributed by atoms with E-state index in [2.05, 4.69) is 5.32 Å². The van der Waals surface area contributed by atoms with Gasteiger partial charge in [0.15, 0.2) is 0 Å². The highest BCUT2D eigenvalue weighted by Gasteiger charge is 2.32. The van der Waals surface area contributed by atoms with Crippen LogP contribution in [0.15, 0.2) is 53.4 Å². The van der Waals surface area contributed by atoms with E-state index >= 15 is 0 Å². The molecule has 5 nitrogen and oxygen atoms in total. The number of carbonyl (C=O) groups excluding carboxylic acids is 1. The molecule has 2 aromatic carbocycles. The van der Waals surface area contributed by atoms with E-state index in [1.54, 1.807) is 11.8 Å². The minimum atomic E-state index is -3.57. The fraction of sp³-hybridized carbons (Fsp3) is 0.350. The zero-order valence-electron chi connectivity index (χ0n) is 15.6. The SMILES string of the molecule is CSc1ccccc1NC(=O)C1CCCN(S(=O)(=O)Cc2ccc(F)cc2)C1. The normalized spacial score (nSPS) is 18.0. The zero-order valence-corrected chi connectivity index (χ0v) is 17.2. The van der Waals surface area contributed by atoms with Crippen LogP contribution in [0.25, 0.3) is 0 Å². The molecule has 0 radical (unpaired) electrons. The Balaban J connectivity index is 1.67. The quantitative estimate of drug-likeness (QED) is 0.721. The molecule has 1 amide bonds. The van der Waals surface area contributed by atoms with Crippen LogP contribution in [0.3, 0.4) is 0 Å². The molecule has 1 heterocycles. The summed E-state index contributed by atoms with van der Waals surface area (Å²) >= 11 is 1.54. The maximum atomic E-state index is 13.0. The summed E-state index contributed by atoms with van der Waals surface area (Å²) in [7, 11) is -3.57. The van der Waals surface area contributed by atoms with Crippen LogP contribution in [0.4, 0.5) is 10.1 Å². The molecule has 1 aliphatic heterocycles. The largest absolute Gasteiger partial charge is 0.325 e. The molecule has 150 valence electrons. The predicted octanol–water partition coefficient (Wildman–Crippen LogP) is 3.73. The van der Waals surface area contributed by atoms with Crippen molar-refractivity contribution in [1.29, 1.82) is 0 Å². The van der Waals surface area contributed by atoms with E-state index in [-0.39, 0.29) is 18.2 Å². The number of carbonyl (C=O) groups is 1. The van der Waals surface area contributed by atoms with E-state index in [4.69, 9.17) is 0 Å². The molecule has 1 saturated heterocycles. The van der Waals surface area contributed by atoms with Crippen LogP contribution in [-0.4, -0.2) is 38.0 Å². The van der Waals surface area contributed by atoms with Crippen LogP contribution in [0.2, 0.25) is 0 Å². The Morgan fingerprint density at radius 2 is 1.93 bits per heavy atom. The van der Waals surface area contributed by atoms with Gasteiger partial charge in [-0.1, -0.05) is 24.3 Å². The highest BCUT2D eigenvalue weighted by Crippen LogP contribution is 2.27. The van der Waals surface area contributed by atoms with Crippen molar-refractivity contribution in [1.82, 2.24) is 4.31 Å². The van der Waals surface area contributed by atoms with Gasteiger partial charge < -0.3 is 5.32 Å². The number of nitrogens with zero attached hydrogens (tertiary/aromatic N) is 1. The van der Waals surface area contributed by atoms with Gasteiger partial charge in [-0.3, -0.25) is 4.79 Å². The lowest BCUT2D eigenvalue weighted by Crippen LogP contribution is -2.44. The number of rotatable bonds is 6. The second-order valence-corrected chi connectivity index (χ2v) is 9.59. The highest BCUT2D eigenvalue weighted by atomic mass is 32.2. The molecule has 0 bridgehead atoms. The van der Waals surface area contributed by atoms with Crippen molar-refractivity contribution in [3.05, 3.63) is 59.9 Å². The van der Waals surface area contributed by atoms with Gasteiger partial charge in [-0.15, -0.1) is 11.8 Å². The minimum absolute atomic E-state index is 0.163. The predicted molar refractivity (Wildman–Crippen MR) is 110 cm³/mol. The molecule has 3 rings (SSSR count). The van der Waals surface area contributed by atoms with Gasteiger partial charge in [0.05, 0.1) is 17.4 Å². The van der Waals surface area contributed by atoms with Crippen molar-refractivity contribution in [3.63, 3.8) is 0 Å². The average molecular weight is 423 g/mol. The first kappa shape index (κ1) is 20.8. The molecule has 0 aromatic heterocycles. The minimum Gasteiger partial charge on any atom is -0.325 e. The first-order valence-electron chi connectivity index (χ1n) is 9.05. The topological polar surface area (TPSA) is 66.5 Å². The molecule has 0 aliphatic carbocycles. The molecule has 1 unspecified atom stereocenters. The molecule has 1 N–H and O–H groups in total. The molecular formula is C20H23FN2O3S2. The first-order valence-corrected chi connectivity index (χ1v) is 11.9. The lowest BCUT2D eigenvalue weighted by molar-refractivity contribution is -0.120. The zero-order chi connectivity index (χ0) is 20.1. The average Bonchev–Trinajstić information content (AvgIpc) is 2.70. The summed E-state index contributed by atoms with van der Waals surface area (Å²) in [4.78, 5) is 13.7. The standard InChI is InChI=1S/C20H23FN2O3S2/c1-27-19-7-3-2-6-18(19)22-20(24)16-5-4-12-23(13-16)28(25,26)14-15-8-10-17(21)11-9-15/h2-3,6-11,16H,4-5,12-14H2,1H3,(H,22,24). The van der Waals surface area contributed by atoms with E-state index < -0.39 is 21.8 Å². The summed E-state index contributed by atoms with van der Waals surface area (Å²) in [5, 5.41) is 2.94. The Hall–Kier alpha value is -1.90. The number of anilines is 1. The van der Waals surface area contributed by atoms with Crippen LogP contribution in [0, 0.1) is 11.7 Å². The Morgan fingerprint density at radius 3 is 2.64 bits per heavy atom. The maximum Gasteiger partial charge on any atom is 0.228 e. The highest BCUT2D eigenvalue weighted by molar-refractivity contribution is 7.98. The molecule has 28 heavy (non-hydrogen) atoms. The molecule has 0 saturated carbocycles. The summed E-state index contributed by atoms with van der Waals surface area (Å²) < 4.78 is 39.9. The fourth-order valence-corrected chi connectivity index (χ4v) is 5.44. The van der Waals surface area contributed by atoms with E-state index in [1.807, 2.05) is 30.5 Å². The number of para-hydroxylation sites is 1. The number of thioether (sulfide) groups is 1. The number of benzene rings is 2. The summed E-state index contributed by atoms with van der Waals surface area (Å²) in [5.74, 6) is -1.16. The van der Waals surface area contributed by atoms with Crippen molar-refractivity contribution in [3.8, 4) is 0 Å². The third kappa shape index (κ3) is 5.12. The summed E-state index contributed by atoms with van der Waals surface area (Å²) in [6, 6.07) is 13.0. The lowest BCUT2D eigenvalue weighted by atomic mass is 9.99. The smallest absolute Gasteiger partial charge is 0.228 e. The lowest BCUT2D eigenvalue weighted by Gasteiger charge is -2.31. The van der Waals surface area contributed by atoms with Crippen LogP contribution >= 0.6 is 11.8 Å². The van der Waals surface area contributed by atoms with E-state index in [0.29, 0.717) is 24.9 Å². The van der Waals surface area contributed by atoms with Crippen LogP contribution in [-0.2, 0) is 20.6 Å². The van der Waals surface area contributed by atoms with Gasteiger partial charge in [-0.05, 0) is 48.9 Å². The molecule has 1 fully saturated rings. The number of halogens is 1. The Kier molecular flexibility index (Phi) is 6.74. The van der Waals surface area contributed by atoms with E-state index in [0.717, 1.165) is 10.6 Å².